The number of morpholine rings is 1. The molecule has 0 spiro atoms. The number of nitrogens with zero attached hydrogens (tertiary/aromatic N) is 1. The number of amides is 1. The lowest BCUT2D eigenvalue weighted by Crippen LogP contribution is -2.42. The van der Waals surface area contributed by atoms with E-state index in [9.17, 15) is 9.18 Å². The van der Waals surface area contributed by atoms with Gasteiger partial charge in [-0.15, -0.1) is 0 Å². The molecule has 0 saturated carbocycles. The van der Waals surface area contributed by atoms with Crippen LogP contribution in [0.2, 0.25) is 0 Å². The summed E-state index contributed by atoms with van der Waals surface area (Å²) in [6.07, 6.45) is 0. The number of nitrogens with one attached hydrogen (secondary N) is 2. The highest BCUT2D eigenvalue weighted by Gasteiger charge is 2.09. The molecule has 9 nitrogen and oxygen atoms in total. The van der Waals surface area contributed by atoms with Gasteiger partial charge < -0.3 is 25.6 Å². The molecule has 1 heterocycles. The van der Waals surface area contributed by atoms with Crippen molar-refractivity contribution in [1.29, 1.82) is 0 Å². The Balaban J connectivity index is 0.000000527. The molecule has 150 valence electrons. The molecule has 0 aromatic heterocycles. The standard InChI is InChI=1S/C15H22FN3O2.C2H2O4/c16-14-3-1-13(2-4-14)11-18-15(20)12-17-5-6-19-7-9-21-10-8-19;3-1(4)2(5)6/h1-4,17H,5-12H2,(H,18,20);(H,3,4)(H,5,6). The molecule has 2 rings (SSSR count). The molecule has 1 saturated heterocycles. The fraction of sp³-hybridized carbons (Fsp3) is 0.471. The first-order chi connectivity index (χ1) is 12.9. The maximum absolute atomic E-state index is 12.7. The first-order valence-electron chi connectivity index (χ1n) is 8.36. The van der Waals surface area contributed by atoms with Crippen LogP contribution in [-0.4, -0.2) is 78.9 Å². The van der Waals surface area contributed by atoms with Crippen LogP contribution in [-0.2, 0) is 25.7 Å². The van der Waals surface area contributed by atoms with Gasteiger partial charge in [0.2, 0.25) is 5.91 Å². The Bertz CT molecular complexity index is 593. The van der Waals surface area contributed by atoms with Gasteiger partial charge in [0.15, 0.2) is 0 Å². The molecule has 10 heteroatoms. The Morgan fingerprint density at radius 2 is 1.67 bits per heavy atom. The summed E-state index contributed by atoms with van der Waals surface area (Å²) in [6, 6.07) is 6.12. The third kappa shape index (κ3) is 10.9. The third-order valence-corrected chi connectivity index (χ3v) is 3.58. The van der Waals surface area contributed by atoms with Gasteiger partial charge in [-0.3, -0.25) is 9.69 Å². The van der Waals surface area contributed by atoms with Crippen LogP contribution in [0.25, 0.3) is 0 Å². The van der Waals surface area contributed by atoms with E-state index in [0.717, 1.165) is 45.0 Å². The van der Waals surface area contributed by atoms with E-state index in [2.05, 4.69) is 15.5 Å². The second-order valence-electron chi connectivity index (χ2n) is 5.64. The van der Waals surface area contributed by atoms with Gasteiger partial charge in [0.1, 0.15) is 5.82 Å². The average molecular weight is 385 g/mol. The van der Waals surface area contributed by atoms with Crippen LogP contribution in [0, 0.1) is 5.82 Å². The molecule has 1 aromatic carbocycles. The Hall–Kier alpha value is -2.56. The summed E-state index contributed by atoms with van der Waals surface area (Å²) in [4.78, 5) is 32.2. The number of halogens is 1. The minimum atomic E-state index is -1.82. The van der Waals surface area contributed by atoms with Crippen molar-refractivity contribution in [3.8, 4) is 0 Å². The summed E-state index contributed by atoms with van der Waals surface area (Å²) in [7, 11) is 0. The Kier molecular flexibility index (Phi) is 10.6. The summed E-state index contributed by atoms with van der Waals surface area (Å²) in [6.45, 7) is 5.92. The fourth-order valence-corrected chi connectivity index (χ4v) is 2.13. The van der Waals surface area contributed by atoms with Crippen molar-refractivity contribution in [2.45, 2.75) is 6.54 Å². The van der Waals surface area contributed by atoms with Crippen molar-refractivity contribution in [2.24, 2.45) is 0 Å². The van der Waals surface area contributed by atoms with Crippen LogP contribution in [0.3, 0.4) is 0 Å². The molecule has 1 amide bonds. The van der Waals surface area contributed by atoms with Gasteiger partial charge in [-0.05, 0) is 17.7 Å². The number of rotatable bonds is 7. The predicted octanol–water partition coefficient (Wildman–Crippen LogP) is -0.481. The van der Waals surface area contributed by atoms with Crippen LogP contribution >= 0.6 is 0 Å². The van der Waals surface area contributed by atoms with E-state index in [1.54, 1.807) is 12.1 Å². The van der Waals surface area contributed by atoms with Gasteiger partial charge >= 0.3 is 11.9 Å². The van der Waals surface area contributed by atoms with Gasteiger partial charge in [-0.2, -0.15) is 0 Å². The maximum Gasteiger partial charge on any atom is 0.414 e. The monoisotopic (exact) mass is 385 g/mol. The average Bonchev–Trinajstić information content (AvgIpc) is 2.66. The fourth-order valence-electron chi connectivity index (χ4n) is 2.13. The van der Waals surface area contributed by atoms with E-state index in [0.29, 0.717) is 13.1 Å². The van der Waals surface area contributed by atoms with Crippen molar-refractivity contribution in [3.63, 3.8) is 0 Å². The predicted molar refractivity (Wildman–Crippen MR) is 93.6 cm³/mol. The molecule has 0 unspecified atom stereocenters. The van der Waals surface area contributed by atoms with E-state index in [-0.39, 0.29) is 11.7 Å². The minimum absolute atomic E-state index is 0.0543. The zero-order valence-corrected chi connectivity index (χ0v) is 14.8. The second kappa shape index (κ2) is 12.7. The summed E-state index contributed by atoms with van der Waals surface area (Å²) < 4.78 is 18.0. The smallest absolute Gasteiger partial charge is 0.414 e. The van der Waals surface area contributed by atoms with Gasteiger partial charge in [0.25, 0.3) is 0 Å². The highest BCUT2D eigenvalue weighted by molar-refractivity contribution is 6.27. The molecule has 0 aliphatic carbocycles. The van der Waals surface area contributed by atoms with E-state index in [4.69, 9.17) is 24.5 Å². The number of carbonyl (C=O) groups excluding carboxylic acids is 1. The lowest BCUT2D eigenvalue weighted by atomic mass is 10.2. The summed E-state index contributed by atoms with van der Waals surface area (Å²) >= 11 is 0. The van der Waals surface area contributed by atoms with Crippen LogP contribution in [0.1, 0.15) is 5.56 Å². The number of benzene rings is 1. The molecule has 4 N–H and O–H groups in total. The van der Waals surface area contributed by atoms with Crippen molar-refractivity contribution < 1.29 is 33.7 Å². The summed E-state index contributed by atoms with van der Waals surface area (Å²) in [5.74, 6) is -3.97. The SMILES string of the molecule is O=C(CNCCN1CCOCC1)NCc1ccc(F)cc1.O=C(O)C(=O)O. The van der Waals surface area contributed by atoms with Crippen LogP contribution in [0.5, 0.6) is 0 Å². The molecule has 1 aliphatic rings. The molecule has 1 aromatic rings. The van der Waals surface area contributed by atoms with Crippen LogP contribution in [0.15, 0.2) is 24.3 Å². The highest BCUT2D eigenvalue weighted by Crippen LogP contribution is 2.01. The molecule has 0 atom stereocenters. The number of aliphatic carboxylic acids is 2. The van der Waals surface area contributed by atoms with Crippen LogP contribution in [0.4, 0.5) is 4.39 Å². The van der Waals surface area contributed by atoms with Crippen molar-refractivity contribution in [1.82, 2.24) is 15.5 Å². The molecular formula is C17H24FN3O6. The van der Waals surface area contributed by atoms with Crippen molar-refractivity contribution in [2.75, 3.05) is 45.9 Å². The molecular weight excluding hydrogens is 361 g/mol. The maximum atomic E-state index is 12.7. The summed E-state index contributed by atoms with van der Waals surface area (Å²) in [5, 5.41) is 20.7. The normalized spacial score (nSPS) is 14.0. The van der Waals surface area contributed by atoms with Gasteiger partial charge in [0.05, 0.1) is 19.8 Å². The number of carbonyl (C=O) groups is 3. The molecule has 0 radical (unpaired) electrons. The lowest BCUT2D eigenvalue weighted by Gasteiger charge is -2.26. The van der Waals surface area contributed by atoms with Crippen molar-refractivity contribution in [3.05, 3.63) is 35.6 Å². The molecule has 0 bridgehead atoms. The quantitative estimate of drug-likeness (QED) is 0.366. The zero-order chi connectivity index (χ0) is 20.1. The molecule has 1 aliphatic heterocycles. The highest BCUT2D eigenvalue weighted by atomic mass is 19.1. The number of ether oxygens (including phenoxy) is 1. The zero-order valence-electron chi connectivity index (χ0n) is 14.8. The third-order valence-electron chi connectivity index (χ3n) is 3.58. The lowest BCUT2D eigenvalue weighted by molar-refractivity contribution is -0.159. The van der Waals surface area contributed by atoms with Crippen molar-refractivity contribution >= 4 is 17.8 Å². The van der Waals surface area contributed by atoms with Gasteiger partial charge in [0, 0.05) is 32.7 Å². The topological polar surface area (TPSA) is 128 Å². The van der Waals surface area contributed by atoms with Gasteiger partial charge in [-0.1, -0.05) is 12.1 Å². The number of carboxylic acids is 2. The van der Waals surface area contributed by atoms with E-state index in [1.807, 2.05) is 0 Å². The first kappa shape index (κ1) is 22.5. The number of carboxylic acid groups (broad SMARTS) is 2. The Morgan fingerprint density at radius 1 is 1.07 bits per heavy atom. The van der Waals surface area contributed by atoms with Gasteiger partial charge in [-0.25, -0.2) is 14.0 Å². The van der Waals surface area contributed by atoms with E-state index >= 15 is 0 Å². The molecule has 27 heavy (non-hydrogen) atoms. The Morgan fingerprint density at radius 3 is 2.22 bits per heavy atom. The van der Waals surface area contributed by atoms with E-state index in [1.165, 1.54) is 12.1 Å². The first-order valence-corrected chi connectivity index (χ1v) is 8.36. The summed E-state index contributed by atoms with van der Waals surface area (Å²) in [5.41, 5.74) is 0.887. The second-order valence-corrected chi connectivity index (χ2v) is 5.64. The Labute approximate surface area is 156 Å². The molecule has 1 fully saturated rings. The van der Waals surface area contributed by atoms with E-state index < -0.39 is 11.9 Å². The number of hydrogen-bond acceptors (Lipinski definition) is 6. The number of hydrogen-bond donors (Lipinski definition) is 4. The van der Waals surface area contributed by atoms with Crippen LogP contribution < -0.4 is 10.6 Å². The minimum Gasteiger partial charge on any atom is -0.473 e. The largest absolute Gasteiger partial charge is 0.473 e.